The van der Waals surface area contributed by atoms with Crippen LogP contribution in [0.2, 0.25) is 18.1 Å². The highest BCUT2D eigenvalue weighted by Gasteiger charge is 2.40. The lowest BCUT2D eigenvalue weighted by Gasteiger charge is -2.38. The second kappa shape index (κ2) is 6.84. The molecule has 0 aromatic heterocycles. The quantitative estimate of drug-likeness (QED) is 0.492. The Bertz CT molecular complexity index is 646. The fourth-order valence-electron chi connectivity index (χ4n) is 2.45. The third-order valence-electron chi connectivity index (χ3n) is 5.04. The van der Waals surface area contributed by atoms with E-state index in [4.69, 9.17) is 4.43 Å². The molecular formula is C17H24BrF2NO2Si. The normalized spacial score (nSPS) is 19.2. The van der Waals surface area contributed by atoms with Gasteiger partial charge in [-0.15, -0.1) is 0 Å². The summed E-state index contributed by atoms with van der Waals surface area (Å²) in [6.07, 6.45) is 0.910. The van der Waals surface area contributed by atoms with Gasteiger partial charge in [0.1, 0.15) is 0 Å². The number of hydrogen-bond donors (Lipinski definition) is 0. The zero-order valence-corrected chi connectivity index (χ0v) is 17.3. The summed E-state index contributed by atoms with van der Waals surface area (Å²) in [6.45, 7) is 11.0. The fourth-order valence-corrected chi connectivity index (χ4v) is 3.80. The van der Waals surface area contributed by atoms with Gasteiger partial charge in [-0.1, -0.05) is 20.8 Å². The molecule has 1 fully saturated rings. The molecule has 0 aliphatic carbocycles. The van der Waals surface area contributed by atoms with Gasteiger partial charge in [0.05, 0.1) is 22.8 Å². The number of carbonyl (C=O) groups is 1. The first-order valence-electron chi connectivity index (χ1n) is 8.05. The molecule has 3 nitrogen and oxygen atoms in total. The average molecular weight is 420 g/mol. The molecule has 0 bridgehead atoms. The summed E-state index contributed by atoms with van der Waals surface area (Å²) in [5.74, 6) is -2.17. The number of anilines is 1. The van der Waals surface area contributed by atoms with Crippen molar-refractivity contribution in [2.75, 3.05) is 11.5 Å². The Hall–Kier alpha value is -0.793. The summed E-state index contributed by atoms with van der Waals surface area (Å²) in [7, 11) is -1.97. The van der Waals surface area contributed by atoms with Gasteiger partial charge >= 0.3 is 0 Å². The van der Waals surface area contributed by atoms with E-state index >= 15 is 0 Å². The zero-order chi connectivity index (χ0) is 18.3. The van der Waals surface area contributed by atoms with E-state index in [-0.39, 0.29) is 27.1 Å². The van der Waals surface area contributed by atoms with Gasteiger partial charge in [0.2, 0.25) is 5.91 Å². The minimum atomic E-state index is -1.97. The molecule has 1 unspecified atom stereocenters. The van der Waals surface area contributed by atoms with E-state index in [1.807, 2.05) is 0 Å². The lowest BCUT2D eigenvalue weighted by atomic mass is 10.2. The lowest BCUT2D eigenvalue weighted by molar-refractivity contribution is -0.117. The molecule has 1 aliphatic rings. The first-order chi connectivity index (χ1) is 11.0. The number of benzene rings is 1. The molecule has 7 heteroatoms. The van der Waals surface area contributed by atoms with Crippen LogP contribution >= 0.6 is 15.9 Å². The smallest absolute Gasteiger partial charge is 0.227 e. The maximum atomic E-state index is 14.3. The van der Waals surface area contributed by atoms with Gasteiger partial charge in [0.25, 0.3) is 0 Å². The van der Waals surface area contributed by atoms with Crippen molar-refractivity contribution >= 4 is 35.8 Å². The van der Waals surface area contributed by atoms with Gasteiger partial charge in [0, 0.05) is 6.42 Å². The monoisotopic (exact) mass is 419 g/mol. The number of nitrogens with zero attached hydrogens (tertiary/aromatic N) is 1. The Morgan fingerprint density at radius 3 is 2.50 bits per heavy atom. The molecular weight excluding hydrogens is 396 g/mol. The predicted molar refractivity (Wildman–Crippen MR) is 97.7 cm³/mol. The highest BCUT2D eigenvalue weighted by molar-refractivity contribution is 9.10. The Morgan fingerprint density at radius 1 is 1.29 bits per heavy atom. The Morgan fingerprint density at radius 2 is 1.92 bits per heavy atom. The number of halogens is 3. The SMILES string of the molecule is CC(C)(C)[Si](C)(C)OCC1CCC(=O)N1c1ccc(Br)c(F)c1F. The van der Waals surface area contributed by atoms with Crippen LogP contribution in [0.25, 0.3) is 0 Å². The maximum Gasteiger partial charge on any atom is 0.227 e. The van der Waals surface area contributed by atoms with Crippen molar-refractivity contribution in [3.8, 4) is 0 Å². The number of hydrogen-bond acceptors (Lipinski definition) is 2. The molecule has 1 amide bonds. The van der Waals surface area contributed by atoms with Crippen LogP contribution in [-0.4, -0.2) is 26.9 Å². The zero-order valence-electron chi connectivity index (χ0n) is 14.8. The van der Waals surface area contributed by atoms with Crippen molar-refractivity contribution in [1.82, 2.24) is 0 Å². The van der Waals surface area contributed by atoms with Crippen LogP contribution in [0.5, 0.6) is 0 Å². The van der Waals surface area contributed by atoms with Crippen molar-refractivity contribution in [3.05, 3.63) is 28.2 Å². The maximum absolute atomic E-state index is 14.3. The summed E-state index contributed by atoms with van der Waals surface area (Å²) in [5, 5.41) is 0.0510. The average Bonchev–Trinajstić information content (AvgIpc) is 2.83. The molecule has 0 radical (unpaired) electrons. The van der Waals surface area contributed by atoms with Crippen molar-refractivity contribution in [3.63, 3.8) is 0 Å². The van der Waals surface area contributed by atoms with Crippen molar-refractivity contribution in [1.29, 1.82) is 0 Å². The molecule has 1 aliphatic heterocycles. The van der Waals surface area contributed by atoms with Gasteiger partial charge < -0.3 is 9.33 Å². The van der Waals surface area contributed by atoms with Crippen molar-refractivity contribution < 1.29 is 18.0 Å². The summed E-state index contributed by atoms with van der Waals surface area (Å²) in [4.78, 5) is 13.6. The van der Waals surface area contributed by atoms with E-state index in [1.165, 1.54) is 17.0 Å². The van der Waals surface area contributed by atoms with Crippen LogP contribution in [-0.2, 0) is 9.22 Å². The second-order valence-corrected chi connectivity index (χ2v) is 13.4. The predicted octanol–water partition coefficient (Wildman–Crippen LogP) is 5.24. The van der Waals surface area contributed by atoms with Gasteiger partial charge in [0.15, 0.2) is 20.0 Å². The first kappa shape index (κ1) is 19.5. The minimum Gasteiger partial charge on any atom is -0.415 e. The number of amides is 1. The number of rotatable bonds is 4. The van der Waals surface area contributed by atoms with Crippen LogP contribution in [0.3, 0.4) is 0 Å². The molecule has 1 saturated heterocycles. The Labute approximate surface area is 151 Å². The molecule has 0 N–H and O–H groups in total. The largest absolute Gasteiger partial charge is 0.415 e. The van der Waals surface area contributed by atoms with E-state index in [9.17, 15) is 13.6 Å². The van der Waals surface area contributed by atoms with Crippen molar-refractivity contribution in [2.45, 2.75) is 57.8 Å². The highest BCUT2D eigenvalue weighted by Crippen LogP contribution is 2.38. The van der Waals surface area contributed by atoms with Gasteiger partial charge in [-0.25, -0.2) is 8.78 Å². The molecule has 134 valence electrons. The fraction of sp³-hybridized carbons (Fsp3) is 0.588. The van der Waals surface area contributed by atoms with Crippen molar-refractivity contribution in [2.24, 2.45) is 0 Å². The van der Waals surface area contributed by atoms with Crippen LogP contribution in [0.1, 0.15) is 33.6 Å². The molecule has 1 atom stereocenters. The standard InChI is InChI=1S/C17H24BrF2NO2Si/c1-17(2,3)24(4,5)23-10-11-6-9-14(22)21(11)13-8-7-12(18)15(19)16(13)20/h7-8,11H,6,9-10H2,1-5H3. The second-order valence-electron chi connectivity index (χ2n) is 7.72. The molecule has 0 spiro atoms. The Balaban J connectivity index is 2.23. The van der Waals surface area contributed by atoms with Gasteiger partial charge in [-0.3, -0.25) is 4.79 Å². The molecule has 2 rings (SSSR count). The first-order valence-corrected chi connectivity index (χ1v) is 11.8. The molecule has 24 heavy (non-hydrogen) atoms. The van der Waals surface area contributed by atoms with Crippen LogP contribution in [0, 0.1) is 11.6 Å². The molecule has 0 saturated carbocycles. The van der Waals surface area contributed by atoms with Crippen LogP contribution < -0.4 is 4.90 Å². The van der Waals surface area contributed by atoms with Crippen LogP contribution in [0.15, 0.2) is 16.6 Å². The molecule has 1 aromatic carbocycles. The third kappa shape index (κ3) is 3.73. The summed E-state index contributed by atoms with van der Waals surface area (Å²) < 4.78 is 34.4. The summed E-state index contributed by atoms with van der Waals surface area (Å²) >= 11 is 2.96. The van der Waals surface area contributed by atoms with E-state index in [2.05, 4.69) is 49.8 Å². The van der Waals surface area contributed by atoms with E-state index in [0.29, 0.717) is 19.4 Å². The molecule has 1 aromatic rings. The lowest BCUT2D eigenvalue weighted by Crippen LogP contribution is -2.45. The van der Waals surface area contributed by atoms with Gasteiger partial charge in [-0.05, 0) is 52.6 Å². The highest BCUT2D eigenvalue weighted by atomic mass is 79.9. The third-order valence-corrected chi connectivity index (χ3v) is 10.2. The van der Waals surface area contributed by atoms with E-state index in [1.54, 1.807) is 0 Å². The Kier molecular flexibility index (Phi) is 5.57. The number of carbonyl (C=O) groups excluding carboxylic acids is 1. The van der Waals surface area contributed by atoms with E-state index < -0.39 is 20.0 Å². The minimum absolute atomic E-state index is 0.0120. The van der Waals surface area contributed by atoms with Gasteiger partial charge in [-0.2, -0.15) is 0 Å². The summed E-state index contributed by atoms with van der Waals surface area (Å²) in [5.41, 5.74) is -0.0120. The topological polar surface area (TPSA) is 29.5 Å². The van der Waals surface area contributed by atoms with Crippen LogP contribution in [0.4, 0.5) is 14.5 Å². The summed E-state index contributed by atoms with van der Waals surface area (Å²) in [6, 6.07) is 2.59. The van der Waals surface area contributed by atoms with E-state index in [0.717, 1.165) is 0 Å². The molecule has 1 heterocycles.